The van der Waals surface area contributed by atoms with Gasteiger partial charge in [0.1, 0.15) is 18.7 Å². The fourth-order valence-electron chi connectivity index (χ4n) is 2.11. The molecule has 1 aromatic carbocycles. The van der Waals surface area contributed by atoms with Gasteiger partial charge in [0.2, 0.25) is 5.78 Å². The number of carboxylic acid groups (broad SMARTS) is 1. The van der Waals surface area contributed by atoms with E-state index in [9.17, 15) is 24.3 Å². The fraction of sp³-hybridized carbons (Fsp3) is 0.333. The summed E-state index contributed by atoms with van der Waals surface area (Å²) in [4.78, 5) is 47.2. The smallest absolute Gasteiger partial charge is 0.408 e. The molecule has 0 fully saturated rings. The highest BCUT2D eigenvalue weighted by atomic mass is 16.5. The minimum atomic E-state index is -1.26. The first kappa shape index (κ1) is 20.9. The van der Waals surface area contributed by atoms with E-state index in [0.717, 1.165) is 0 Å². The summed E-state index contributed by atoms with van der Waals surface area (Å²) in [5.41, 5.74) is 0.700. The molecule has 3 N–H and O–H groups in total. The summed E-state index contributed by atoms with van der Waals surface area (Å²) in [6.07, 6.45) is 0.667. The Labute approximate surface area is 151 Å². The van der Waals surface area contributed by atoms with E-state index in [1.807, 2.05) is 0 Å². The van der Waals surface area contributed by atoms with Gasteiger partial charge in [0, 0.05) is 6.42 Å². The number of carbonyl (C=O) groups excluding carboxylic acids is 3. The third kappa shape index (κ3) is 6.76. The van der Waals surface area contributed by atoms with Crippen LogP contribution in [0.25, 0.3) is 0 Å². The number of ether oxygens (including phenoxy) is 1. The number of nitrogens with one attached hydrogen (secondary N) is 2. The maximum Gasteiger partial charge on any atom is 0.408 e. The molecule has 140 valence electrons. The molecule has 0 saturated carbocycles. The van der Waals surface area contributed by atoms with Crippen LogP contribution in [0.3, 0.4) is 0 Å². The zero-order valence-electron chi connectivity index (χ0n) is 14.4. The lowest BCUT2D eigenvalue weighted by atomic mass is 10.0. The number of hydrogen-bond donors (Lipinski definition) is 3. The summed E-state index contributed by atoms with van der Waals surface area (Å²) in [5, 5.41) is 13.7. The molecule has 8 heteroatoms. The molecule has 0 spiro atoms. The average molecular weight is 362 g/mol. The molecule has 2 atom stereocenters. The Morgan fingerprint density at radius 2 is 1.81 bits per heavy atom. The lowest BCUT2D eigenvalue weighted by molar-refractivity contribution is -0.144. The van der Waals surface area contributed by atoms with Gasteiger partial charge in [0.25, 0.3) is 5.91 Å². The molecule has 1 aromatic rings. The molecule has 1 rings (SSSR count). The number of carbonyl (C=O) groups is 4. The highest BCUT2D eigenvalue weighted by molar-refractivity contribution is 6.38. The van der Waals surface area contributed by atoms with Crippen molar-refractivity contribution in [3.8, 4) is 0 Å². The Morgan fingerprint density at radius 3 is 2.35 bits per heavy atom. The van der Waals surface area contributed by atoms with Crippen LogP contribution in [0.15, 0.2) is 43.0 Å². The van der Waals surface area contributed by atoms with E-state index in [0.29, 0.717) is 5.56 Å². The van der Waals surface area contributed by atoms with Gasteiger partial charge in [-0.15, -0.1) is 0 Å². The van der Waals surface area contributed by atoms with Crippen molar-refractivity contribution in [1.82, 2.24) is 10.6 Å². The zero-order chi connectivity index (χ0) is 19.5. The Morgan fingerprint density at radius 1 is 1.15 bits per heavy atom. The molecule has 8 nitrogen and oxygen atoms in total. The number of benzene rings is 1. The van der Waals surface area contributed by atoms with Crippen LogP contribution in [-0.4, -0.2) is 47.6 Å². The molecular weight excluding hydrogens is 340 g/mol. The second-order valence-corrected chi connectivity index (χ2v) is 5.41. The summed E-state index contributed by atoms with van der Waals surface area (Å²) < 4.78 is 4.71. The van der Waals surface area contributed by atoms with Crippen molar-refractivity contribution >= 4 is 23.8 Å². The van der Waals surface area contributed by atoms with Crippen LogP contribution in [-0.2, 0) is 25.5 Å². The Hall–Kier alpha value is -3.16. The van der Waals surface area contributed by atoms with Crippen molar-refractivity contribution in [2.75, 3.05) is 6.61 Å². The summed E-state index contributed by atoms with van der Waals surface area (Å²) in [6, 6.07) is 6.33. The zero-order valence-corrected chi connectivity index (χ0v) is 14.4. The van der Waals surface area contributed by atoms with E-state index >= 15 is 0 Å². The van der Waals surface area contributed by atoms with Crippen LogP contribution < -0.4 is 10.6 Å². The SMILES string of the molecule is C=CCOC(=O)NC(CC)C(=O)C(=O)N[C@@H](Cc1ccccc1)C(=O)O. The molecule has 0 aliphatic heterocycles. The first-order valence-corrected chi connectivity index (χ1v) is 8.04. The first-order valence-electron chi connectivity index (χ1n) is 8.04. The average Bonchev–Trinajstić information content (AvgIpc) is 2.63. The van der Waals surface area contributed by atoms with Gasteiger partial charge in [-0.1, -0.05) is 49.9 Å². The van der Waals surface area contributed by atoms with E-state index in [1.54, 1.807) is 37.3 Å². The van der Waals surface area contributed by atoms with E-state index in [1.165, 1.54) is 6.08 Å². The van der Waals surface area contributed by atoms with Crippen molar-refractivity contribution in [3.05, 3.63) is 48.6 Å². The molecule has 0 saturated heterocycles. The Balaban J connectivity index is 2.71. The lowest BCUT2D eigenvalue weighted by Gasteiger charge is -2.18. The van der Waals surface area contributed by atoms with Crippen molar-refractivity contribution < 1.29 is 29.0 Å². The number of amides is 2. The van der Waals surface area contributed by atoms with E-state index < -0.39 is 35.8 Å². The predicted molar refractivity (Wildman–Crippen MR) is 93.5 cm³/mol. The minimum Gasteiger partial charge on any atom is -0.480 e. The van der Waals surface area contributed by atoms with E-state index in [-0.39, 0.29) is 19.4 Å². The minimum absolute atomic E-state index is 0.0286. The van der Waals surface area contributed by atoms with Crippen LogP contribution in [0.5, 0.6) is 0 Å². The molecule has 0 aromatic heterocycles. The number of aliphatic carboxylic acids is 1. The topological polar surface area (TPSA) is 122 Å². The number of hydrogen-bond acceptors (Lipinski definition) is 5. The number of ketones is 1. The van der Waals surface area contributed by atoms with Crippen LogP contribution >= 0.6 is 0 Å². The maximum atomic E-state index is 12.2. The molecule has 1 unspecified atom stereocenters. The van der Waals surface area contributed by atoms with Crippen molar-refractivity contribution in [2.24, 2.45) is 0 Å². The highest BCUT2D eigenvalue weighted by Gasteiger charge is 2.29. The molecule has 0 radical (unpaired) electrons. The van der Waals surface area contributed by atoms with Gasteiger partial charge < -0.3 is 20.5 Å². The van der Waals surface area contributed by atoms with Gasteiger partial charge in [-0.25, -0.2) is 9.59 Å². The second kappa shape index (κ2) is 10.7. The molecule has 0 aliphatic carbocycles. The van der Waals surface area contributed by atoms with Gasteiger partial charge in [-0.3, -0.25) is 9.59 Å². The number of Topliss-reactive ketones (excluding diaryl/α,β-unsaturated/α-hetero) is 1. The number of carboxylic acids is 1. The normalized spacial score (nSPS) is 12.3. The molecule has 0 aliphatic rings. The van der Waals surface area contributed by atoms with E-state index in [4.69, 9.17) is 4.74 Å². The highest BCUT2D eigenvalue weighted by Crippen LogP contribution is 2.04. The number of rotatable bonds is 10. The van der Waals surface area contributed by atoms with Crippen molar-refractivity contribution in [3.63, 3.8) is 0 Å². The Kier molecular flexibility index (Phi) is 8.56. The van der Waals surface area contributed by atoms with Gasteiger partial charge in [0.15, 0.2) is 0 Å². The summed E-state index contributed by atoms with van der Waals surface area (Å²) >= 11 is 0. The molecule has 0 bridgehead atoms. The summed E-state index contributed by atoms with van der Waals surface area (Å²) in [5.74, 6) is -3.28. The molecule has 2 amide bonds. The van der Waals surface area contributed by atoms with E-state index in [2.05, 4.69) is 17.2 Å². The van der Waals surface area contributed by atoms with Gasteiger partial charge >= 0.3 is 12.1 Å². The number of alkyl carbamates (subject to hydrolysis) is 1. The predicted octanol–water partition coefficient (Wildman–Crippen LogP) is 1.06. The third-order valence-corrected chi connectivity index (χ3v) is 3.46. The Bertz CT molecular complexity index is 659. The standard InChI is InChI=1S/C18H22N2O6/c1-3-10-26-18(25)20-13(4-2)15(21)16(22)19-14(17(23)24)11-12-8-6-5-7-9-12/h3,5-9,13-14H,1,4,10-11H2,2H3,(H,19,22)(H,20,25)(H,23,24)/t13?,14-/m0/s1. The quantitative estimate of drug-likeness (QED) is 0.423. The van der Waals surface area contributed by atoms with Crippen LogP contribution in [0.2, 0.25) is 0 Å². The molecular formula is C18H22N2O6. The summed E-state index contributed by atoms with van der Waals surface area (Å²) in [6.45, 7) is 4.95. The largest absolute Gasteiger partial charge is 0.480 e. The summed E-state index contributed by atoms with van der Waals surface area (Å²) in [7, 11) is 0. The van der Waals surface area contributed by atoms with Crippen molar-refractivity contribution in [1.29, 1.82) is 0 Å². The van der Waals surface area contributed by atoms with Gasteiger partial charge in [-0.2, -0.15) is 0 Å². The molecule has 0 heterocycles. The van der Waals surface area contributed by atoms with Gasteiger partial charge in [-0.05, 0) is 12.0 Å². The van der Waals surface area contributed by atoms with Gasteiger partial charge in [0.05, 0.1) is 0 Å². The third-order valence-electron chi connectivity index (χ3n) is 3.46. The molecule has 26 heavy (non-hydrogen) atoms. The second-order valence-electron chi connectivity index (χ2n) is 5.41. The van der Waals surface area contributed by atoms with Crippen molar-refractivity contribution in [2.45, 2.75) is 31.8 Å². The lowest BCUT2D eigenvalue weighted by Crippen LogP contribution is -2.51. The van der Waals surface area contributed by atoms with Crippen LogP contribution in [0.1, 0.15) is 18.9 Å². The first-order chi connectivity index (χ1) is 12.4. The monoisotopic (exact) mass is 362 g/mol. The fourth-order valence-corrected chi connectivity index (χ4v) is 2.11. The van der Waals surface area contributed by atoms with Crippen LogP contribution in [0, 0.1) is 0 Å². The van der Waals surface area contributed by atoms with Crippen LogP contribution in [0.4, 0.5) is 4.79 Å². The maximum absolute atomic E-state index is 12.2.